The number of aromatic amines is 1. The molecule has 0 aromatic carbocycles. The molecule has 17 heteroatoms. The number of rotatable bonds is 5. The summed E-state index contributed by atoms with van der Waals surface area (Å²) in [4.78, 5) is 14.8. The summed E-state index contributed by atoms with van der Waals surface area (Å²) in [5.41, 5.74) is 1.68. The van der Waals surface area contributed by atoms with Crippen LogP contribution in [0.1, 0.15) is 0 Å². The maximum atomic E-state index is 4.77. The van der Waals surface area contributed by atoms with E-state index >= 15 is 0 Å². The molecule has 0 saturated carbocycles. The highest BCUT2D eigenvalue weighted by Gasteiger charge is 2.29. The van der Waals surface area contributed by atoms with Crippen LogP contribution in [0.5, 0.6) is 0 Å². The first-order chi connectivity index (χ1) is 15.4. The van der Waals surface area contributed by atoms with Gasteiger partial charge in [-0.2, -0.15) is 14.9 Å². The first-order valence-corrected chi connectivity index (χ1v) is 8.68. The molecule has 0 saturated heterocycles. The standard InChI is InChI=1S/C14H9N17/c1-2-16-13(15-1)9-10(28-6-5-17-25-28)11(30-20-3-4-21-30)12(29-8-19-24-27-29)14(23-9)31-22-7-18-26-31/h1-8H,(H,15,16). The predicted octanol–water partition coefficient (Wildman–Crippen LogP) is -1.42. The third-order valence-electron chi connectivity index (χ3n) is 4.21. The molecule has 6 aromatic rings. The van der Waals surface area contributed by atoms with Crippen LogP contribution in [0, 0.1) is 0 Å². The molecule has 0 radical (unpaired) electrons. The molecule has 6 rings (SSSR count). The quantitative estimate of drug-likeness (QED) is 0.346. The molecular weight excluding hydrogens is 406 g/mol. The third kappa shape index (κ3) is 2.64. The van der Waals surface area contributed by atoms with Gasteiger partial charge in [0.25, 0.3) is 0 Å². The summed E-state index contributed by atoms with van der Waals surface area (Å²) in [7, 11) is 0. The van der Waals surface area contributed by atoms with Crippen LogP contribution in [-0.4, -0.2) is 85.4 Å². The van der Waals surface area contributed by atoms with E-state index in [1.807, 2.05) is 0 Å². The summed E-state index contributed by atoms with van der Waals surface area (Å²) in [6.07, 6.45) is 12.2. The Bertz CT molecular complexity index is 1300. The van der Waals surface area contributed by atoms with Gasteiger partial charge in [0, 0.05) is 12.4 Å². The number of pyridine rings is 1. The fourth-order valence-corrected chi connectivity index (χ4v) is 3.05. The van der Waals surface area contributed by atoms with Gasteiger partial charge >= 0.3 is 0 Å². The van der Waals surface area contributed by atoms with Crippen LogP contribution in [0.15, 0.2) is 49.8 Å². The molecule has 0 atom stereocenters. The molecule has 0 spiro atoms. The SMILES string of the molecule is c1cn(-c2c(-c3ncc[nH]3)nc(-n3ncnn3)c(-n3cnnn3)c2-n2nccn2)nn1. The summed E-state index contributed by atoms with van der Waals surface area (Å²) in [5, 5.41) is 40.1. The zero-order valence-corrected chi connectivity index (χ0v) is 15.3. The normalized spacial score (nSPS) is 11.2. The molecule has 150 valence electrons. The van der Waals surface area contributed by atoms with Crippen LogP contribution in [0.2, 0.25) is 0 Å². The van der Waals surface area contributed by atoms with Crippen LogP contribution in [0.3, 0.4) is 0 Å². The Morgan fingerprint density at radius 3 is 2.35 bits per heavy atom. The van der Waals surface area contributed by atoms with Gasteiger partial charge < -0.3 is 4.98 Å². The van der Waals surface area contributed by atoms with Crippen LogP contribution in [0.25, 0.3) is 34.4 Å². The minimum atomic E-state index is 0.257. The van der Waals surface area contributed by atoms with Gasteiger partial charge in [0.1, 0.15) is 29.1 Å². The van der Waals surface area contributed by atoms with Gasteiger partial charge in [-0.05, 0) is 15.6 Å². The van der Waals surface area contributed by atoms with Crippen molar-refractivity contribution >= 4 is 0 Å². The van der Waals surface area contributed by atoms with Gasteiger partial charge in [0.2, 0.25) is 5.82 Å². The van der Waals surface area contributed by atoms with Gasteiger partial charge in [0.15, 0.2) is 12.2 Å². The Balaban J connectivity index is 1.82. The molecule has 0 aliphatic heterocycles. The summed E-state index contributed by atoms with van der Waals surface area (Å²) in [6, 6.07) is 0. The van der Waals surface area contributed by atoms with Crippen molar-refractivity contribution in [2.45, 2.75) is 0 Å². The molecule has 0 amide bonds. The van der Waals surface area contributed by atoms with Crippen LogP contribution in [-0.2, 0) is 0 Å². The molecule has 0 aliphatic carbocycles. The third-order valence-corrected chi connectivity index (χ3v) is 4.21. The van der Waals surface area contributed by atoms with E-state index in [1.54, 1.807) is 18.6 Å². The van der Waals surface area contributed by atoms with Crippen molar-refractivity contribution < 1.29 is 0 Å². The van der Waals surface area contributed by atoms with E-state index in [2.05, 4.69) is 61.4 Å². The second kappa shape index (κ2) is 6.69. The van der Waals surface area contributed by atoms with Crippen LogP contribution in [0.4, 0.5) is 0 Å². The van der Waals surface area contributed by atoms with E-state index < -0.39 is 0 Å². The molecule has 17 nitrogen and oxygen atoms in total. The number of nitrogens with zero attached hydrogens (tertiary/aromatic N) is 16. The number of imidazole rings is 1. The van der Waals surface area contributed by atoms with Gasteiger partial charge in [-0.25, -0.2) is 14.6 Å². The van der Waals surface area contributed by atoms with E-state index in [0.717, 1.165) is 0 Å². The zero-order chi connectivity index (χ0) is 20.6. The molecule has 0 unspecified atom stereocenters. The highest BCUT2D eigenvalue weighted by Crippen LogP contribution is 2.34. The van der Waals surface area contributed by atoms with Crippen LogP contribution >= 0.6 is 0 Å². The molecule has 0 aliphatic rings. The maximum absolute atomic E-state index is 4.77. The van der Waals surface area contributed by atoms with Crippen molar-refractivity contribution in [3.05, 3.63) is 49.8 Å². The van der Waals surface area contributed by atoms with E-state index in [9.17, 15) is 0 Å². The minimum Gasteiger partial charge on any atom is -0.343 e. The number of aromatic nitrogens is 17. The van der Waals surface area contributed by atoms with E-state index in [0.29, 0.717) is 28.6 Å². The van der Waals surface area contributed by atoms with Gasteiger partial charge in [0.05, 0.1) is 24.8 Å². The van der Waals surface area contributed by atoms with Gasteiger partial charge in [-0.15, -0.1) is 30.0 Å². The molecule has 0 fully saturated rings. The fraction of sp³-hybridized carbons (Fsp3) is 0. The Hall–Kier alpha value is -5.22. The summed E-state index contributed by atoms with van der Waals surface area (Å²) >= 11 is 0. The summed E-state index contributed by atoms with van der Waals surface area (Å²) < 4.78 is 2.92. The average molecular weight is 415 g/mol. The number of H-pyrrole nitrogens is 1. The van der Waals surface area contributed by atoms with Crippen molar-refractivity contribution in [3.63, 3.8) is 0 Å². The van der Waals surface area contributed by atoms with E-state index in [-0.39, 0.29) is 5.82 Å². The minimum absolute atomic E-state index is 0.257. The van der Waals surface area contributed by atoms with Gasteiger partial charge in [-0.3, -0.25) is 0 Å². The number of tetrazole rings is 2. The van der Waals surface area contributed by atoms with Crippen LogP contribution < -0.4 is 0 Å². The second-order valence-electron chi connectivity index (χ2n) is 5.91. The monoisotopic (exact) mass is 415 g/mol. The van der Waals surface area contributed by atoms with Crippen molar-refractivity contribution in [1.82, 2.24) is 85.4 Å². The Labute approximate surface area is 170 Å². The molecule has 31 heavy (non-hydrogen) atoms. The number of nitrogens with one attached hydrogen (secondary N) is 1. The molecular formula is C14H9N17. The number of hydrogen-bond donors (Lipinski definition) is 1. The molecule has 0 bridgehead atoms. The zero-order valence-electron chi connectivity index (χ0n) is 15.3. The lowest BCUT2D eigenvalue weighted by Gasteiger charge is -2.18. The molecule has 1 N–H and O–H groups in total. The smallest absolute Gasteiger partial charge is 0.205 e. The summed E-state index contributed by atoms with van der Waals surface area (Å²) in [5.74, 6) is 0.718. The van der Waals surface area contributed by atoms with E-state index in [4.69, 9.17) is 4.98 Å². The second-order valence-corrected chi connectivity index (χ2v) is 5.91. The Morgan fingerprint density at radius 2 is 1.68 bits per heavy atom. The fourth-order valence-electron chi connectivity index (χ4n) is 3.05. The van der Waals surface area contributed by atoms with Gasteiger partial charge in [-0.1, -0.05) is 5.21 Å². The van der Waals surface area contributed by atoms with E-state index in [1.165, 1.54) is 50.2 Å². The Morgan fingerprint density at radius 1 is 0.742 bits per heavy atom. The first kappa shape index (κ1) is 16.7. The topological polar surface area (TPSA) is 190 Å². The maximum Gasteiger partial charge on any atom is 0.205 e. The first-order valence-electron chi connectivity index (χ1n) is 8.68. The van der Waals surface area contributed by atoms with Crippen molar-refractivity contribution in [3.8, 4) is 34.4 Å². The van der Waals surface area contributed by atoms with Crippen molar-refractivity contribution in [2.24, 2.45) is 0 Å². The summed E-state index contributed by atoms with van der Waals surface area (Å²) in [6.45, 7) is 0. The highest BCUT2D eigenvalue weighted by molar-refractivity contribution is 5.79. The van der Waals surface area contributed by atoms with Crippen molar-refractivity contribution in [1.29, 1.82) is 0 Å². The van der Waals surface area contributed by atoms with Crippen molar-refractivity contribution in [2.75, 3.05) is 0 Å². The lowest BCUT2D eigenvalue weighted by Crippen LogP contribution is -2.19. The molecule has 6 heterocycles. The average Bonchev–Trinajstić information content (AvgIpc) is 3.65. The predicted molar refractivity (Wildman–Crippen MR) is 97.1 cm³/mol. The number of hydrogen-bond acceptors (Lipinski definition) is 12. The lowest BCUT2D eigenvalue weighted by atomic mass is 10.2. The lowest BCUT2D eigenvalue weighted by molar-refractivity contribution is 0.662. The Kier molecular flexibility index (Phi) is 3.60. The molecule has 6 aromatic heterocycles. The largest absolute Gasteiger partial charge is 0.343 e. The highest BCUT2D eigenvalue weighted by atomic mass is 15.6.